The van der Waals surface area contributed by atoms with Gasteiger partial charge < -0.3 is 4.90 Å². The van der Waals surface area contributed by atoms with Crippen LogP contribution in [-0.2, 0) is 14.8 Å². The van der Waals surface area contributed by atoms with Crippen LogP contribution in [-0.4, -0.2) is 45.1 Å². The molecule has 22 heavy (non-hydrogen) atoms. The lowest BCUT2D eigenvalue weighted by atomic mass is 10.1. The maximum absolute atomic E-state index is 12.2. The number of amides is 1. The van der Waals surface area contributed by atoms with Gasteiger partial charge in [0, 0.05) is 30.5 Å². The van der Waals surface area contributed by atoms with Gasteiger partial charge in [0.25, 0.3) is 0 Å². The van der Waals surface area contributed by atoms with Crippen LogP contribution in [0.5, 0.6) is 0 Å². The fourth-order valence-electron chi connectivity index (χ4n) is 2.62. The van der Waals surface area contributed by atoms with Gasteiger partial charge in [-0.25, -0.2) is 8.42 Å². The lowest BCUT2D eigenvalue weighted by molar-refractivity contribution is -0.131. The van der Waals surface area contributed by atoms with Crippen LogP contribution in [0.1, 0.15) is 25.7 Å². The largest absolute Gasteiger partial charge is 0.343 e. The minimum Gasteiger partial charge on any atom is -0.343 e. The number of carbonyl (C=O) groups excluding carboxylic acids is 1. The summed E-state index contributed by atoms with van der Waals surface area (Å²) in [6, 6.07) is 7.09. The van der Waals surface area contributed by atoms with E-state index in [0.717, 1.165) is 36.8 Å². The molecule has 0 unspecified atom stereocenters. The van der Waals surface area contributed by atoms with E-state index in [0.29, 0.717) is 5.69 Å². The van der Waals surface area contributed by atoms with Crippen molar-refractivity contribution in [2.45, 2.75) is 25.7 Å². The molecule has 0 saturated carbocycles. The predicted molar refractivity (Wildman–Crippen MR) is 91.4 cm³/mol. The summed E-state index contributed by atoms with van der Waals surface area (Å²) in [5, 5.41) is 0. The quantitative estimate of drug-likeness (QED) is 0.778. The Bertz CT molecular complexity index is 627. The number of carbonyl (C=O) groups is 1. The third-order valence-electron chi connectivity index (χ3n) is 3.73. The summed E-state index contributed by atoms with van der Waals surface area (Å²) < 4.78 is 26.1. The van der Waals surface area contributed by atoms with Crippen molar-refractivity contribution in [1.82, 2.24) is 4.90 Å². The molecule has 122 valence electrons. The number of piperidine rings is 1. The Morgan fingerprint density at radius 3 is 2.55 bits per heavy atom. The molecule has 7 heteroatoms. The summed E-state index contributed by atoms with van der Waals surface area (Å²) in [5.74, 6) is 0.0309. The van der Waals surface area contributed by atoms with Gasteiger partial charge in [-0.2, -0.15) is 0 Å². The number of benzene rings is 1. The molecule has 1 aliphatic rings. The number of nitrogens with zero attached hydrogens (tertiary/aromatic N) is 2. The van der Waals surface area contributed by atoms with E-state index in [9.17, 15) is 13.2 Å². The molecule has 1 amide bonds. The van der Waals surface area contributed by atoms with Crippen LogP contribution in [0.4, 0.5) is 5.69 Å². The van der Waals surface area contributed by atoms with E-state index >= 15 is 0 Å². The molecule has 0 aliphatic carbocycles. The van der Waals surface area contributed by atoms with E-state index in [4.69, 9.17) is 0 Å². The van der Waals surface area contributed by atoms with Crippen LogP contribution in [0.15, 0.2) is 28.7 Å². The molecule has 1 aliphatic heterocycles. The average molecular weight is 389 g/mol. The van der Waals surface area contributed by atoms with Gasteiger partial charge in [-0.15, -0.1) is 0 Å². The minimum absolute atomic E-state index is 0.0309. The molecular formula is C15H21BrN2O3S. The summed E-state index contributed by atoms with van der Waals surface area (Å²) in [6.07, 6.45) is 4.61. The van der Waals surface area contributed by atoms with Gasteiger partial charge in [0.15, 0.2) is 0 Å². The van der Waals surface area contributed by atoms with Crippen molar-refractivity contribution in [3.63, 3.8) is 0 Å². The van der Waals surface area contributed by atoms with Gasteiger partial charge in [0.05, 0.1) is 11.9 Å². The van der Waals surface area contributed by atoms with Gasteiger partial charge in [-0.3, -0.25) is 9.10 Å². The van der Waals surface area contributed by atoms with Crippen LogP contribution in [0.3, 0.4) is 0 Å². The second kappa shape index (κ2) is 7.46. The topological polar surface area (TPSA) is 57.7 Å². The van der Waals surface area contributed by atoms with E-state index in [1.54, 1.807) is 18.2 Å². The Balaban J connectivity index is 2.06. The molecule has 1 aromatic rings. The highest BCUT2D eigenvalue weighted by molar-refractivity contribution is 9.10. The van der Waals surface area contributed by atoms with Gasteiger partial charge in [-0.1, -0.05) is 22.0 Å². The Kier molecular flexibility index (Phi) is 5.86. The predicted octanol–water partition coefficient (Wildman–Crippen LogP) is 2.62. The third kappa shape index (κ3) is 4.71. The zero-order valence-electron chi connectivity index (χ0n) is 12.7. The first-order valence-electron chi connectivity index (χ1n) is 7.39. The first-order chi connectivity index (χ1) is 10.4. The van der Waals surface area contributed by atoms with Crippen molar-refractivity contribution in [3.05, 3.63) is 28.7 Å². The molecule has 1 saturated heterocycles. The first kappa shape index (κ1) is 17.3. The maximum atomic E-state index is 12.2. The average Bonchev–Trinajstić information content (AvgIpc) is 2.47. The molecule has 0 bridgehead atoms. The van der Waals surface area contributed by atoms with E-state index in [1.165, 1.54) is 10.6 Å². The molecule has 0 spiro atoms. The summed E-state index contributed by atoms with van der Waals surface area (Å²) >= 11 is 3.34. The highest BCUT2D eigenvalue weighted by Gasteiger charge is 2.21. The molecule has 0 N–H and O–H groups in total. The summed E-state index contributed by atoms with van der Waals surface area (Å²) in [6.45, 7) is 1.74. The van der Waals surface area contributed by atoms with Gasteiger partial charge >= 0.3 is 0 Å². The Morgan fingerprint density at radius 1 is 1.27 bits per heavy atom. The van der Waals surface area contributed by atoms with Crippen molar-refractivity contribution in [2.24, 2.45) is 0 Å². The van der Waals surface area contributed by atoms with E-state index < -0.39 is 10.0 Å². The van der Waals surface area contributed by atoms with Crippen LogP contribution in [0.2, 0.25) is 0 Å². The van der Waals surface area contributed by atoms with Crippen molar-refractivity contribution in [2.75, 3.05) is 30.2 Å². The monoisotopic (exact) mass is 388 g/mol. The zero-order chi connectivity index (χ0) is 16.2. The van der Waals surface area contributed by atoms with Crippen LogP contribution in [0.25, 0.3) is 0 Å². The smallest absolute Gasteiger partial charge is 0.232 e. The highest BCUT2D eigenvalue weighted by Crippen LogP contribution is 2.22. The number of likely N-dealkylation sites (tertiary alicyclic amines) is 1. The Labute approximate surface area is 140 Å². The molecule has 2 rings (SSSR count). The lowest BCUT2D eigenvalue weighted by Crippen LogP contribution is -2.39. The molecule has 1 aromatic carbocycles. The second-order valence-corrected chi connectivity index (χ2v) is 8.33. The third-order valence-corrected chi connectivity index (χ3v) is 5.42. The van der Waals surface area contributed by atoms with E-state index in [2.05, 4.69) is 15.9 Å². The van der Waals surface area contributed by atoms with Crippen molar-refractivity contribution in [3.8, 4) is 0 Å². The van der Waals surface area contributed by atoms with Crippen LogP contribution < -0.4 is 4.31 Å². The second-order valence-electron chi connectivity index (χ2n) is 5.51. The van der Waals surface area contributed by atoms with Crippen molar-refractivity contribution >= 4 is 37.5 Å². The Morgan fingerprint density at radius 2 is 1.95 bits per heavy atom. The summed E-state index contributed by atoms with van der Waals surface area (Å²) in [4.78, 5) is 14.1. The van der Waals surface area contributed by atoms with Crippen LogP contribution in [0, 0.1) is 0 Å². The first-order valence-corrected chi connectivity index (χ1v) is 10.0. The minimum atomic E-state index is -3.42. The summed E-state index contributed by atoms with van der Waals surface area (Å²) in [7, 11) is -3.42. The van der Waals surface area contributed by atoms with E-state index in [-0.39, 0.29) is 18.9 Å². The number of hydrogen-bond donors (Lipinski definition) is 0. The zero-order valence-corrected chi connectivity index (χ0v) is 15.1. The SMILES string of the molecule is CS(=O)(=O)N(CCC(=O)N1CCCCC1)c1cccc(Br)c1. The molecule has 5 nitrogen and oxygen atoms in total. The molecule has 1 fully saturated rings. The van der Waals surface area contributed by atoms with Crippen LogP contribution >= 0.6 is 15.9 Å². The number of anilines is 1. The fraction of sp³-hybridized carbons (Fsp3) is 0.533. The number of halogens is 1. The highest BCUT2D eigenvalue weighted by atomic mass is 79.9. The van der Waals surface area contributed by atoms with Gasteiger partial charge in [0.1, 0.15) is 0 Å². The van der Waals surface area contributed by atoms with Gasteiger partial charge in [-0.05, 0) is 37.5 Å². The summed E-state index contributed by atoms with van der Waals surface area (Å²) in [5.41, 5.74) is 0.573. The molecule has 0 aromatic heterocycles. The van der Waals surface area contributed by atoms with Crippen molar-refractivity contribution < 1.29 is 13.2 Å². The Hall–Kier alpha value is -1.08. The molecular weight excluding hydrogens is 368 g/mol. The number of sulfonamides is 1. The maximum Gasteiger partial charge on any atom is 0.232 e. The fourth-order valence-corrected chi connectivity index (χ4v) is 3.92. The number of rotatable bonds is 5. The van der Waals surface area contributed by atoms with Crippen molar-refractivity contribution in [1.29, 1.82) is 0 Å². The van der Waals surface area contributed by atoms with E-state index in [1.807, 2.05) is 11.0 Å². The lowest BCUT2D eigenvalue weighted by Gasteiger charge is -2.28. The standard InChI is InChI=1S/C15H21BrN2O3S/c1-22(20,21)18(14-7-5-6-13(16)12-14)11-8-15(19)17-9-3-2-4-10-17/h5-7,12H,2-4,8-11H2,1H3. The number of hydrogen-bond acceptors (Lipinski definition) is 3. The molecule has 0 radical (unpaired) electrons. The molecule has 0 atom stereocenters. The van der Waals surface area contributed by atoms with Gasteiger partial charge in [0.2, 0.25) is 15.9 Å². The molecule has 1 heterocycles. The normalized spacial score (nSPS) is 15.6.